The molecule has 1 fully saturated rings. The summed E-state index contributed by atoms with van der Waals surface area (Å²) in [5, 5.41) is 8.24. The predicted molar refractivity (Wildman–Crippen MR) is 88.7 cm³/mol. The first-order valence-corrected chi connectivity index (χ1v) is 8.91. The van der Waals surface area contributed by atoms with Crippen molar-refractivity contribution in [2.45, 2.75) is 51.7 Å². The summed E-state index contributed by atoms with van der Waals surface area (Å²) in [4.78, 5) is 2.39. The molecule has 1 aliphatic carbocycles. The molecule has 4 nitrogen and oxygen atoms in total. The van der Waals surface area contributed by atoms with Crippen molar-refractivity contribution in [3.63, 3.8) is 0 Å². The second-order valence-electron chi connectivity index (χ2n) is 5.91. The van der Waals surface area contributed by atoms with Crippen LogP contribution in [0.2, 0.25) is 0 Å². The lowest BCUT2D eigenvalue weighted by Crippen LogP contribution is -2.32. The number of rotatable bonds is 8. The van der Waals surface area contributed by atoms with Crippen LogP contribution in [0.15, 0.2) is 0 Å². The van der Waals surface area contributed by atoms with E-state index in [0.717, 1.165) is 18.3 Å². The summed E-state index contributed by atoms with van der Waals surface area (Å²) in [5.74, 6) is 2.47. The molecule has 5 heteroatoms. The zero-order chi connectivity index (χ0) is 14.7. The van der Waals surface area contributed by atoms with Crippen molar-refractivity contribution in [2.75, 3.05) is 24.0 Å². The summed E-state index contributed by atoms with van der Waals surface area (Å²) in [5.41, 5.74) is 2.51. The fraction of sp³-hybridized carbons (Fsp3) is 0.800. The predicted octanol–water partition coefficient (Wildman–Crippen LogP) is 2.56. The third-order valence-electron chi connectivity index (χ3n) is 4.19. The molecule has 1 aromatic heterocycles. The van der Waals surface area contributed by atoms with Crippen LogP contribution in [0.5, 0.6) is 0 Å². The fourth-order valence-corrected chi connectivity index (χ4v) is 3.14. The molecular weight excluding hydrogens is 268 g/mol. The number of nitrogens with zero attached hydrogens (tertiary/aromatic N) is 3. The lowest BCUT2D eigenvalue weighted by atomic mass is 10.2. The minimum absolute atomic E-state index is 0.539. The van der Waals surface area contributed by atoms with Gasteiger partial charge in [-0.05, 0) is 45.1 Å². The van der Waals surface area contributed by atoms with Crippen molar-refractivity contribution < 1.29 is 0 Å². The first kappa shape index (κ1) is 15.7. The summed E-state index contributed by atoms with van der Waals surface area (Å²) >= 11 is 1.92. The molecule has 0 spiro atoms. The summed E-state index contributed by atoms with van der Waals surface area (Å²) in [6.45, 7) is 5.36. The van der Waals surface area contributed by atoms with E-state index in [9.17, 15) is 0 Å². The van der Waals surface area contributed by atoms with E-state index >= 15 is 0 Å². The highest BCUT2D eigenvalue weighted by atomic mass is 32.2. The van der Waals surface area contributed by atoms with Crippen LogP contribution in [-0.2, 0) is 13.6 Å². The van der Waals surface area contributed by atoms with E-state index in [2.05, 4.69) is 49.5 Å². The lowest BCUT2D eigenvalue weighted by Gasteiger charge is -2.28. The molecule has 2 rings (SSSR count). The van der Waals surface area contributed by atoms with Crippen LogP contribution in [0.1, 0.15) is 37.4 Å². The zero-order valence-electron chi connectivity index (χ0n) is 13.4. The average molecular weight is 296 g/mol. The van der Waals surface area contributed by atoms with Crippen LogP contribution >= 0.6 is 11.8 Å². The number of aromatic nitrogens is 2. The van der Waals surface area contributed by atoms with E-state index in [1.165, 1.54) is 36.4 Å². The molecule has 1 heterocycles. The Morgan fingerprint density at radius 2 is 2.20 bits per heavy atom. The Bertz CT molecular complexity index is 439. The monoisotopic (exact) mass is 296 g/mol. The van der Waals surface area contributed by atoms with Crippen molar-refractivity contribution in [1.82, 2.24) is 15.1 Å². The molecule has 0 radical (unpaired) electrons. The number of aryl methyl sites for hydroxylation is 2. The van der Waals surface area contributed by atoms with E-state index in [-0.39, 0.29) is 0 Å². The van der Waals surface area contributed by atoms with E-state index in [1.807, 2.05) is 16.4 Å². The Morgan fingerprint density at radius 3 is 2.80 bits per heavy atom. The molecule has 114 valence electrons. The summed E-state index contributed by atoms with van der Waals surface area (Å²) < 4.78 is 2.04. The van der Waals surface area contributed by atoms with Crippen LogP contribution in [0, 0.1) is 6.92 Å². The topological polar surface area (TPSA) is 33.1 Å². The quantitative estimate of drug-likeness (QED) is 0.799. The van der Waals surface area contributed by atoms with Crippen LogP contribution in [-0.4, -0.2) is 40.9 Å². The molecular formula is C15H28N4S. The van der Waals surface area contributed by atoms with Crippen molar-refractivity contribution >= 4 is 17.6 Å². The molecule has 1 aliphatic rings. The van der Waals surface area contributed by atoms with Gasteiger partial charge in [-0.3, -0.25) is 4.68 Å². The molecule has 1 atom stereocenters. The first-order chi connectivity index (χ1) is 9.54. The van der Waals surface area contributed by atoms with Gasteiger partial charge in [-0.2, -0.15) is 16.9 Å². The number of nitrogens with one attached hydrogen (secondary N) is 1. The van der Waals surface area contributed by atoms with Gasteiger partial charge in [0.25, 0.3) is 0 Å². The molecule has 0 aromatic carbocycles. The van der Waals surface area contributed by atoms with E-state index in [1.54, 1.807) is 0 Å². The molecule has 1 N–H and O–H groups in total. The van der Waals surface area contributed by atoms with Gasteiger partial charge in [0.15, 0.2) is 0 Å². The van der Waals surface area contributed by atoms with Crippen LogP contribution < -0.4 is 10.2 Å². The zero-order valence-corrected chi connectivity index (χ0v) is 14.3. The second-order valence-corrected chi connectivity index (χ2v) is 6.89. The Kier molecular flexibility index (Phi) is 5.38. The van der Waals surface area contributed by atoms with Gasteiger partial charge in [0.05, 0.1) is 5.69 Å². The van der Waals surface area contributed by atoms with Gasteiger partial charge < -0.3 is 10.2 Å². The standard InChI is InChI=1S/C15H28N4S/c1-11(8-9-20-5)18(3)15-14(10-16-13-6-7-13)12(2)17-19(15)4/h11,13,16H,6-10H2,1-5H3. The number of thioether (sulfide) groups is 1. The third kappa shape index (κ3) is 3.70. The Hall–Kier alpha value is -0.680. The number of anilines is 1. The maximum absolute atomic E-state index is 4.62. The molecule has 0 amide bonds. The van der Waals surface area contributed by atoms with E-state index in [0.29, 0.717) is 6.04 Å². The van der Waals surface area contributed by atoms with Gasteiger partial charge in [-0.25, -0.2) is 0 Å². The lowest BCUT2D eigenvalue weighted by molar-refractivity contribution is 0.625. The van der Waals surface area contributed by atoms with Gasteiger partial charge in [-0.1, -0.05) is 0 Å². The minimum Gasteiger partial charge on any atom is -0.357 e. The van der Waals surface area contributed by atoms with Gasteiger partial charge >= 0.3 is 0 Å². The highest BCUT2D eigenvalue weighted by molar-refractivity contribution is 7.98. The molecule has 1 aromatic rings. The normalized spacial score (nSPS) is 16.4. The van der Waals surface area contributed by atoms with Crippen molar-refractivity contribution in [3.05, 3.63) is 11.3 Å². The van der Waals surface area contributed by atoms with Crippen LogP contribution in [0.3, 0.4) is 0 Å². The van der Waals surface area contributed by atoms with Crippen LogP contribution in [0.4, 0.5) is 5.82 Å². The van der Waals surface area contributed by atoms with Gasteiger partial charge in [0.1, 0.15) is 5.82 Å². The molecule has 20 heavy (non-hydrogen) atoms. The van der Waals surface area contributed by atoms with Crippen molar-refractivity contribution in [3.8, 4) is 0 Å². The van der Waals surface area contributed by atoms with Gasteiger partial charge in [0, 0.05) is 38.3 Å². The Balaban J connectivity index is 2.10. The largest absolute Gasteiger partial charge is 0.357 e. The van der Waals surface area contributed by atoms with Crippen molar-refractivity contribution in [1.29, 1.82) is 0 Å². The van der Waals surface area contributed by atoms with Gasteiger partial charge in [0.2, 0.25) is 0 Å². The Morgan fingerprint density at radius 1 is 1.50 bits per heavy atom. The smallest absolute Gasteiger partial charge is 0.131 e. The van der Waals surface area contributed by atoms with Crippen molar-refractivity contribution in [2.24, 2.45) is 7.05 Å². The summed E-state index contributed by atoms with van der Waals surface area (Å²) in [6, 6.07) is 1.28. The maximum atomic E-state index is 4.62. The molecule has 0 aliphatic heterocycles. The molecule has 1 saturated carbocycles. The highest BCUT2D eigenvalue weighted by Gasteiger charge is 2.24. The van der Waals surface area contributed by atoms with E-state index < -0.39 is 0 Å². The Labute approximate surface area is 127 Å². The van der Waals surface area contributed by atoms with Gasteiger partial charge in [-0.15, -0.1) is 0 Å². The highest BCUT2D eigenvalue weighted by Crippen LogP contribution is 2.26. The summed E-state index contributed by atoms with van der Waals surface area (Å²) in [6.07, 6.45) is 6.03. The fourth-order valence-electron chi connectivity index (χ4n) is 2.56. The SMILES string of the molecule is CSCCC(C)N(C)c1c(CNC2CC2)c(C)nn1C. The number of hydrogen-bond acceptors (Lipinski definition) is 4. The number of hydrogen-bond donors (Lipinski definition) is 1. The van der Waals surface area contributed by atoms with E-state index in [4.69, 9.17) is 0 Å². The minimum atomic E-state index is 0.539. The maximum Gasteiger partial charge on any atom is 0.131 e. The first-order valence-electron chi connectivity index (χ1n) is 7.52. The summed E-state index contributed by atoms with van der Waals surface area (Å²) in [7, 11) is 4.25. The second kappa shape index (κ2) is 6.85. The average Bonchev–Trinajstić information content (AvgIpc) is 3.19. The third-order valence-corrected chi connectivity index (χ3v) is 4.84. The van der Waals surface area contributed by atoms with Crippen LogP contribution in [0.25, 0.3) is 0 Å². The molecule has 0 bridgehead atoms. The molecule has 0 saturated heterocycles. The molecule has 1 unspecified atom stereocenters.